The molecule has 0 saturated heterocycles. The van der Waals surface area contributed by atoms with Crippen molar-refractivity contribution < 1.29 is 9.90 Å². The molecule has 0 spiro atoms. The van der Waals surface area contributed by atoms with Crippen LogP contribution in [0, 0.1) is 5.41 Å². The van der Waals surface area contributed by atoms with E-state index in [0.717, 1.165) is 18.4 Å². The molecule has 0 heterocycles. The maximum atomic E-state index is 11.7. The van der Waals surface area contributed by atoms with Crippen LogP contribution in [0.4, 0.5) is 0 Å². The van der Waals surface area contributed by atoms with E-state index < -0.39 is 11.4 Å². The van der Waals surface area contributed by atoms with Crippen molar-refractivity contribution in [1.29, 1.82) is 0 Å². The molecule has 1 aromatic rings. The van der Waals surface area contributed by atoms with Gasteiger partial charge >= 0.3 is 5.97 Å². The van der Waals surface area contributed by atoms with Crippen LogP contribution in [-0.2, 0) is 10.2 Å². The number of carbonyl (C=O) groups is 1. The molecule has 1 aromatic carbocycles. The minimum Gasteiger partial charge on any atom is -0.481 e. The van der Waals surface area contributed by atoms with Gasteiger partial charge in [0, 0.05) is 5.41 Å². The minimum absolute atomic E-state index is 0.330. The normalized spacial score (nSPS) is 17.8. The summed E-state index contributed by atoms with van der Waals surface area (Å²) in [6, 6.07) is 10.0. The van der Waals surface area contributed by atoms with Crippen LogP contribution in [0.3, 0.4) is 0 Å². The van der Waals surface area contributed by atoms with Gasteiger partial charge in [0.15, 0.2) is 0 Å². The Morgan fingerprint density at radius 1 is 1.17 bits per heavy atom. The predicted octanol–water partition coefficient (Wildman–Crippen LogP) is 4.25. The Morgan fingerprint density at radius 3 is 2.11 bits per heavy atom. The summed E-state index contributed by atoms with van der Waals surface area (Å²) in [7, 11) is 0. The van der Waals surface area contributed by atoms with E-state index in [9.17, 15) is 9.90 Å². The Balaban J connectivity index is 3.35. The van der Waals surface area contributed by atoms with Gasteiger partial charge in [-0.25, -0.2) is 0 Å². The summed E-state index contributed by atoms with van der Waals surface area (Å²) in [5, 5.41) is 9.66. The first-order chi connectivity index (χ1) is 8.42. The highest BCUT2D eigenvalue weighted by atomic mass is 16.4. The van der Waals surface area contributed by atoms with Crippen LogP contribution in [0.25, 0.3) is 0 Å². The maximum Gasteiger partial charge on any atom is 0.310 e. The number of aliphatic carboxylic acids is 1. The summed E-state index contributed by atoms with van der Waals surface area (Å²) in [6.45, 7) is 8.03. The summed E-state index contributed by atoms with van der Waals surface area (Å²) < 4.78 is 0. The van der Waals surface area contributed by atoms with Gasteiger partial charge < -0.3 is 5.11 Å². The molecule has 0 fully saturated rings. The summed E-state index contributed by atoms with van der Waals surface area (Å²) in [5.41, 5.74) is 0.0622. The van der Waals surface area contributed by atoms with Crippen LogP contribution in [-0.4, -0.2) is 11.1 Å². The SMILES string of the molecule is CCCC(C)(c1ccccc1)C(C)(CC)C(=O)O. The van der Waals surface area contributed by atoms with E-state index in [4.69, 9.17) is 0 Å². The Morgan fingerprint density at radius 2 is 1.72 bits per heavy atom. The van der Waals surface area contributed by atoms with Gasteiger partial charge in [-0.15, -0.1) is 0 Å². The smallest absolute Gasteiger partial charge is 0.310 e. The molecular weight excluding hydrogens is 224 g/mol. The molecule has 100 valence electrons. The van der Waals surface area contributed by atoms with E-state index in [0.29, 0.717) is 6.42 Å². The molecule has 0 radical (unpaired) electrons. The molecule has 2 nitrogen and oxygen atoms in total. The first-order valence-electron chi connectivity index (χ1n) is 6.71. The lowest BCUT2D eigenvalue weighted by Gasteiger charge is -2.44. The second-order valence-electron chi connectivity index (χ2n) is 5.44. The van der Waals surface area contributed by atoms with Crippen molar-refractivity contribution in [3.63, 3.8) is 0 Å². The molecule has 1 rings (SSSR count). The minimum atomic E-state index is -0.732. The van der Waals surface area contributed by atoms with Crippen molar-refractivity contribution in [1.82, 2.24) is 0 Å². The lowest BCUT2D eigenvalue weighted by atomic mass is 9.58. The van der Waals surface area contributed by atoms with Crippen LogP contribution >= 0.6 is 0 Å². The number of rotatable bonds is 6. The lowest BCUT2D eigenvalue weighted by Crippen LogP contribution is -2.46. The van der Waals surface area contributed by atoms with Crippen molar-refractivity contribution in [2.45, 2.75) is 52.4 Å². The van der Waals surface area contributed by atoms with Crippen LogP contribution in [0.5, 0.6) is 0 Å². The highest BCUT2D eigenvalue weighted by Gasteiger charge is 2.49. The quantitative estimate of drug-likeness (QED) is 0.817. The van der Waals surface area contributed by atoms with Gasteiger partial charge in [-0.3, -0.25) is 4.79 Å². The van der Waals surface area contributed by atoms with Crippen LogP contribution in [0.15, 0.2) is 30.3 Å². The summed E-state index contributed by atoms with van der Waals surface area (Å²) in [6.07, 6.45) is 2.50. The summed E-state index contributed by atoms with van der Waals surface area (Å²) in [5.74, 6) is -0.704. The number of carboxylic acid groups (broad SMARTS) is 1. The second kappa shape index (κ2) is 5.55. The van der Waals surface area contributed by atoms with E-state index in [1.54, 1.807) is 0 Å². The fourth-order valence-electron chi connectivity index (χ4n) is 2.82. The zero-order valence-electron chi connectivity index (χ0n) is 11.9. The van der Waals surface area contributed by atoms with Crippen LogP contribution in [0.1, 0.15) is 52.5 Å². The Bertz CT molecular complexity index is 399. The number of benzene rings is 1. The largest absolute Gasteiger partial charge is 0.481 e. The molecule has 0 aliphatic rings. The molecule has 1 N–H and O–H groups in total. The Labute approximate surface area is 110 Å². The summed E-state index contributed by atoms with van der Waals surface area (Å²) >= 11 is 0. The average molecular weight is 248 g/mol. The third kappa shape index (κ3) is 2.29. The zero-order chi connectivity index (χ0) is 13.8. The first-order valence-corrected chi connectivity index (χ1v) is 6.71. The second-order valence-corrected chi connectivity index (χ2v) is 5.44. The fraction of sp³-hybridized carbons (Fsp3) is 0.562. The number of hydrogen-bond donors (Lipinski definition) is 1. The molecule has 0 aliphatic heterocycles. The van der Waals surface area contributed by atoms with Crippen molar-refractivity contribution in [2.24, 2.45) is 5.41 Å². The van der Waals surface area contributed by atoms with Gasteiger partial charge in [0.25, 0.3) is 0 Å². The van der Waals surface area contributed by atoms with E-state index in [1.807, 2.05) is 44.2 Å². The van der Waals surface area contributed by atoms with Crippen molar-refractivity contribution in [2.75, 3.05) is 0 Å². The molecule has 0 aliphatic carbocycles. The molecule has 0 aromatic heterocycles. The van der Waals surface area contributed by atoms with Gasteiger partial charge in [0.2, 0.25) is 0 Å². The Kier molecular flexibility index (Phi) is 4.55. The van der Waals surface area contributed by atoms with Gasteiger partial charge in [0.1, 0.15) is 0 Å². The van der Waals surface area contributed by atoms with Gasteiger partial charge in [0.05, 0.1) is 5.41 Å². The van der Waals surface area contributed by atoms with E-state index in [-0.39, 0.29) is 5.41 Å². The van der Waals surface area contributed by atoms with Crippen LogP contribution < -0.4 is 0 Å². The molecule has 0 amide bonds. The number of carboxylic acids is 1. The topological polar surface area (TPSA) is 37.3 Å². The third-order valence-electron chi connectivity index (χ3n) is 4.56. The highest BCUT2D eigenvalue weighted by Crippen LogP contribution is 2.47. The Hall–Kier alpha value is -1.31. The zero-order valence-corrected chi connectivity index (χ0v) is 11.9. The monoisotopic (exact) mass is 248 g/mol. The first kappa shape index (κ1) is 14.7. The summed E-state index contributed by atoms with van der Waals surface area (Å²) in [4.78, 5) is 11.7. The van der Waals surface area contributed by atoms with Crippen molar-refractivity contribution in [3.8, 4) is 0 Å². The van der Waals surface area contributed by atoms with E-state index >= 15 is 0 Å². The van der Waals surface area contributed by atoms with Gasteiger partial charge in [-0.1, -0.05) is 57.5 Å². The molecule has 0 saturated carbocycles. The van der Waals surface area contributed by atoms with E-state index in [1.165, 1.54) is 0 Å². The van der Waals surface area contributed by atoms with Crippen molar-refractivity contribution >= 4 is 5.97 Å². The predicted molar refractivity (Wildman–Crippen MR) is 74.7 cm³/mol. The molecule has 2 atom stereocenters. The number of hydrogen-bond acceptors (Lipinski definition) is 1. The molecule has 2 unspecified atom stereocenters. The maximum absolute atomic E-state index is 11.7. The van der Waals surface area contributed by atoms with Crippen molar-refractivity contribution in [3.05, 3.63) is 35.9 Å². The lowest BCUT2D eigenvalue weighted by molar-refractivity contribution is -0.153. The fourth-order valence-corrected chi connectivity index (χ4v) is 2.82. The molecule has 18 heavy (non-hydrogen) atoms. The average Bonchev–Trinajstić information content (AvgIpc) is 2.38. The molecular formula is C16H24O2. The molecule has 2 heteroatoms. The highest BCUT2D eigenvalue weighted by molar-refractivity contribution is 5.76. The van der Waals surface area contributed by atoms with Crippen LogP contribution in [0.2, 0.25) is 0 Å². The van der Waals surface area contributed by atoms with Gasteiger partial charge in [-0.05, 0) is 25.3 Å². The standard InChI is InChI=1S/C16H24O2/c1-5-12-16(4,13-10-8-7-9-11-13)15(3,6-2)14(17)18/h7-11H,5-6,12H2,1-4H3,(H,17,18). The third-order valence-corrected chi connectivity index (χ3v) is 4.56. The molecule has 0 bridgehead atoms. The van der Waals surface area contributed by atoms with E-state index in [2.05, 4.69) is 13.8 Å². The van der Waals surface area contributed by atoms with Gasteiger partial charge in [-0.2, -0.15) is 0 Å².